The smallest absolute Gasteiger partial charge is 0.226 e. The van der Waals surface area contributed by atoms with E-state index in [9.17, 15) is 0 Å². The molecule has 0 aliphatic rings. The average molecular weight is 425 g/mol. The number of hydrogen-bond donors (Lipinski definition) is 1. The number of hydrogen-bond acceptors (Lipinski definition) is 6. The maximum absolute atomic E-state index is 6.18. The minimum atomic E-state index is -0.0234. The van der Waals surface area contributed by atoms with E-state index in [4.69, 9.17) is 16.7 Å². The molecule has 0 fully saturated rings. The number of halogens is 1. The third-order valence-corrected chi connectivity index (χ3v) is 5.06. The molecular weight excluding hydrogens is 400 g/mol. The highest BCUT2D eigenvalue weighted by molar-refractivity contribution is 6.28. The van der Waals surface area contributed by atoms with Crippen molar-refractivity contribution in [3.05, 3.63) is 53.6 Å². The Kier molecular flexibility index (Phi) is 5.19. The van der Waals surface area contributed by atoms with Gasteiger partial charge in [0.15, 0.2) is 17.0 Å². The molecule has 9 heteroatoms. The number of nitrogens with zero attached hydrogens (tertiary/aromatic N) is 7. The Morgan fingerprint density at radius 3 is 2.67 bits per heavy atom. The van der Waals surface area contributed by atoms with Crippen LogP contribution in [0, 0.1) is 0 Å². The molecule has 0 saturated carbocycles. The molecule has 1 N–H and O–H groups in total. The molecule has 0 bridgehead atoms. The van der Waals surface area contributed by atoms with Gasteiger partial charge in [0.05, 0.1) is 23.9 Å². The first-order valence-electron chi connectivity index (χ1n) is 9.87. The highest BCUT2D eigenvalue weighted by Gasteiger charge is 2.18. The lowest BCUT2D eigenvalue weighted by Crippen LogP contribution is -2.13. The summed E-state index contributed by atoms with van der Waals surface area (Å²) in [5.41, 5.74) is 4.34. The van der Waals surface area contributed by atoms with Crippen LogP contribution < -0.4 is 5.32 Å². The standard InChI is InChI=1S/C21H25ClN8/c1-13(2)29-12-25-17-18(26-20(22)27-19(17)29)24-10-14-6-8-23-11-15(14)30-9-7-16(28-30)21(3,4)5/h6-9,11-13H,10H2,1-5H3,(H,24,26,27). The van der Waals surface area contributed by atoms with E-state index in [0.717, 1.165) is 16.9 Å². The fourth-order valence-electron chi connectivity index (χ4n) is 3.20. The van der Waals surface area contributed by atoms with Crippen molar-refractivity contribution >= 4 is 28.6 Å². The van der Waals surface area contributed by atoms with Gasteiger partial charge in [-0.25, -0.2) is 9.67 Å². The molecule has 0 unspecified atom stereocenters. The largest absolute Gasteiger partial charge is 0.364 e. The van der Waals surface area contributed by atoms with Crippen LogP contribution in [-0.2, 0) is 12.0 Å². The van der Waals surface area contributed by atoms with Crippen molar-refractivity contribution in [3.63, 3.8) is 0 Å². The molecule has 8 nitrogen and oxygen atoms in total. The second-order valence-electron chi connectivity index (χ2n) is 8.51. The summed E-state index contributed by atoms with van der Waals surface area (Å²) < 4.78 is 3.84. The summed E-state index contributed by atoms with van der Waals surface area (Å²) in [7, 11) is 0. The van der Waals surface area contributed by atoms with Crippen molar-refractivity contribution < 1.29 is 0 Å². The van der Waals surface area contributed by atoms with E-state index in [-0.39, 0.29) is 16.7 Å². The lowest BCUT2D eigenvalue weighted by Gasteiger charge is -2.15. The van der Waals surface area contributed by atoms with Crippen molar-refractivity contribution in [2.24, 2.45) is 0 Å². The number of rotatable bonds is 5. The van der Waals surface area contributed by atoms with Crippen LogP contribution in [0.3, 0.4) is 0 Å². The second kappa shape index (κ2) is 7.68. The highest BCUT2D eigenvalue weighted by Crippen LogP contribution is 2.25. The molecule has 0 aliphatic heterocycles. The zero-order valence-corrected chi connectivity index (χ0v) is 18.5. The van der Waals surface area contributed by atoms with Crippen molar-refractivity contribution in [2.75, 3.05) is 5.32 Å². The summed E-state index contributed by atoms with van der Waals surface area (Å²) in [6, 6.07) is 4.22. The van der Waals surface area contributed by atoms with Gasteiger partial charge in [-0.1, -0.05) is 20.8 Å². The van der Waals surface area contributed by atoms with E-state index in [2.05, 4.69) is 59.9 Å². The number of imidazole rings is 1. The number of nitrogens with one attached hydrogen (secondary N) is 1. The van der Waals surface area contributed by atoms with Crippen LogP contribution in [0.5, 0.6) is 0 Å². The quantitative estimate of drug-likeness (QED) is 0.473. The van der Waals surface area contributed by atoms with Gasteiger partial charge in [-0.2, -0.15) is 15.1 Å². The molecule has 4 rings (SSSR count). The van der Waals surface area contributed by atoms with Gasteiger partial charge in [0.1, 0.15) is 0 Å². The molecule has 0 aromatic carbocycles. The summed E-state index contributed by atoms with van der Waals surface area (Å²) in [6.07, 6.45) is 7.31. The number of fused-ring (bicyclic) bond motifs is 1. The molecule has 4 aromatic rings. The molecule has 4 heterocycles. The van der Waals surface area contributed by atoms with Crippen LogP contribution in [0.15, 0.2) is 37.1 Å². The lowest BCUT2D eigenvalue weighted by molar-refractivity contribution is 0.560. The van der Waals surface area contributed by atoms with Gasteiger partial charge < -0.3 is 9.88 Å². The summed E-state index contributed by atoms with van der Waals surface area (Å²) >= 11 is 6.18. The van der Waals surface area contributed by atoms with Crippen molar-refractivity contribution in [3.8, 4) is 5.69 Å². The fraction of sp³-hybridized carbons (Fsp3) is 0.381. The number of aromatic nitrogens is 7. The minimum absolute atomic E-state index is 0.0234. The van der Waals surface area contributed by atoms with Crippen LogP contribution in [0.4, 0.5) is 5.82 Å². The third kappa shape index (κ3) is 3.87. The second-order valence-corrected chi connectivity index (χ2v) is 8.85. The molecule has 4 aromatic heterocycles. The van der Waals surface area contributed by atoms with Gasteiger partial charge in [0.25, 0.3) is 0 Å². The van der Waals surface area contributed by atoms with Gasteiger partial charge in [-0.15, -0.1) is 0 Å². The monoisotopic (exact) mass is 424 g/mol. The first-order chi connectivity index (χ1) is 14.2. The van der Waals surface area contributed by atoms with Crippen LogP contribution in [0.2, 0.25) is 5.28 Å². The molecular formula is C21H25ClN8. The lowest BCUT2D eigenvalue weighted by atomic mass is 9.93. The highest BCUT2D eigenvalue weighted by atomic mass is 35.5. The average Bonchev–Trinajstić information content (AvgIpc) is 3.33. The van der Waals surface area contributed by atoms with Crippen LogP contribution in [0.1, 0.15) is 51.9 Å². The predicted molar refractivity (Wildman–Crippen MR) is 118 cm³/mol. The predicted octanol–water partition coefficient (Wildman–Crippen LogP) is 4.55. The topological polar surface area (TPSA) is 86.3 Å². The van der Waals surface area contributed by atoms with Gasteiger partial charge >= 0.3 is 0 Å². The Labute approximate surface area is 180 Å². The first-order valence-corrected chi connectivity index (χ1v) is 10.2. The van der Waals surface area contributed by atoms with E-state index < -0.39 is 0 Å². The minimum Gasteiger partial charge on any atom is -0.364 e. The van der Waals surface area contributed by atoms with Crippen LogP contribution in [0.25, 0.3) is 16.9 Å². The van der Waals surface area contributed by atoms with Gasteiger partial charge in [0, 0.05) is 36.0 Å². The maximum atomic E-state index is 6.18. The molecule has 0 aliphatic carbocycles. The molecule has 156 valence electrons. The molecule has 0 radical (unpaired) electrons. The van der Waals surface area contributed by atoms with E-state index in [1.807, 2.05) is 33.8 Å². The summed E-state index contributed by atoms with van der Waals surface area (Å²) in [5.74, 6) is 0.600. The number of pyridine rings is 1. The van der Waals surface area contributed by atoms with Crippen LogP contribution >= 0.6 is 11.6 Å². The Hall–Kier alpha value is -3.00. The zero-order valence-electron chi connectivity index (χ0n) is 17.8. The van der Waals surface area contributed by atoms with Gasteiger partial charge in [-0.05, 0) is 37.6 Å². The SMILES string of the molecule is CC(C)n1cnc2c(NCc3ccncc3-n3ccc(C(C)(C)C)n3)nc(Cl)nc21. The molecule has 0 atom stereocenters. The molecule has 0 saturated heterocycles. The van der Waals surface area contributed by atoms with E-state index in [0.29, 0.717) is 23.5 Å². The molecule has 0 amide bonds. The van der Waals surface area contributed by atoms with Crippen molar-refractivity contribution in [1.29, 1.82) is 0 Å². The Morgan fingerprint density at radius 1 is 1.17 bits per heavy atom. The summed E-state index contributed by atoms with van der Waals surface area (Å²) in [5, 5.41) is 8.29. The van der Waals surface area contributed by atoms with E-state index in [1.54, 1.807) is 12.5 Å². The van der Waals surface area contributed by atoms with Crippen LogP contribution in [-0.4, -0.2) is 34.3 Å². The Bertz CT molecular complexity index is 1190. The van der Waals surface area contributed by atoms with Gasteiger partial charge in [-0.3, -0.25) is 4.98 Å². The maximum Gasteiger partial charge on any atom is 0.226 e. The first kappa shape index (κ1) is 20.3. The normalized spacial score (nSPS) is 12.1. The number of anilines is 1. The third-order valence-electron chi connectivity index (χ3n) is 4.89. The van der Waals surface area contributed by atoms with Crippen molar-refractivity contribution in [1.82, 2.24) is 34.3 Å². The zero-order chi connectivity index (χ0) is 21.5. The fourth-order valence-corrected chi connectivity index (χ4v) is 3.36. The van der Waals surface area contributed by atoms with Crippen molar-refractivity contribution in [2.45, 2.75) is 52.6 Å². The van der Waals surface area contributed by atoms with E-state index in [1.165, 1.54) is 0 Å². The molecule has 0 spiro atoms. The van der Waals surface area contributed by atoms with Gasteiger partial charge in [0.2, 0.25) is 5.28 Å². The summed E-state index contributed by atoms with van der Waals surface area (Å²) in [6.45, 7) is 11.1. The molecule has 30 heavy (non-hydrogen) atoms. The Morgan fingerprint density at radius 2 is 1.97 bits per heavy atom. The Balaban J connectivity index is 1.65. The summed E-state index contributed by atoms with van der Waals surface area (Å²) in [4.78, 5) is 17.5. The van der Waals surface area contributed by atoms with E-state index >= 15 is 0 Å².